The van der Waals surface area contributed by atoms with E-state index in [2.05, 4.69) is 32.9 Å². The summed E-state index contributed by atoms with van der Waals surface area (Å²) >= 11 is 0. The number of terminal acetylenes is 1. The Morgan fingerprint density at radius 3 is 2.43 bits per heavy atom. The maximum Gasteiger partial charge on any atom is 0.459 e. The summed E-state index contributed by atoms with van der Waals surface area (Å²) in [5.41, 5.74) is 4.00. The molecular formula is C40H48F3N6O8P. The van der Waals surface area contributed by atoms with Gasteiger partial charge in [0.1, 0.15) is 42.4 Å². The zero-order valence-electron chi connectivity index (χ0n) is 32.6. The molecule has 18 heteroatoms. The Hall–Kier alpha value is -5.01. The van der Waals surface area contributed by atoms with Crippen LogP contribution in [0.2, 0.25) is 0 Å². The number of hydrogen-bond donors (Lipinski definition) is 2. The predicted molar refractivity (Wildman–Crippen MR) is 207 cm³/mol. The van der Waals surface area contributed by atoms with Crippen LogP contribution in [0.5, 0.6) is 5.75 Å². The van der Waals surface area contributed by atoms with Gasteiger partial charge in [0, 0.05) is 18.9 Å². The van der Waals surface area contributed by atoms with Crippen LogP contribution in [-0.2, 0) is 39.3 Å². The lowest BCUT2D eigenvalue weighted by Gasteiger charge is -2.31. The van der Waals surface area contributed by atoms with Crippen LogP contribution in [0.25, 0.3) is 11.2 Å². The van der Waals surface area contributed by atoms with E-state index in [1.54, 1.807) is 32.0 Å². The van der Waals surface area contributed by atoms with Crippen molar-refractivity contribution in [2.45, 2.75) is 115 Å². The number of nitrogens with two attached hydrogens (primary N) is 1. The van der Waals surface area contributed by atoms with E-state index < -0.39 is 80.5 Å². The van der Waals surface area contributed by atoms with Crippen LogP contribution in [0.3, 0.4) is 0 Å². The molecule has 2 aromatic carbocycles. The zero-order chi connectivity index (χ0) is 41.9. The number of halogens is 3. The Morgan fingerprint density at radius 1 is 1.07 bits per heavy atom. The van der Waals surface area contributed by atoms with Gasteiger partial charge in [0.2, 0.25) is 0 Å². The number of esters is 2. The van der Waals surface area contributed by atoms with Gasteiger partial charge >= 0.3 is 25.8 Å². The van der Waals surface area contributed by atoms with E-state index in [-0.39, 0.29) is 41.1 Å². The van der Waals surface area contributed by atoms with Gasteiger partial charge in [-0.25, -0.2) is 18.3 Å². The highest BCUT2D eigenvalue weighted by atomic mass is 31.2. The van der Waals surface area contributed by atoms with Crippen molar-refractivity contribution in [1.29, 1.82) is 0 Å². The fraction of sp³-hybridized carbons (Fsp3) is 0.475. The maximum atomic E-state index is 14.8. The topological polar surface area (TPSA) is 179 Å². The van der Waals surface area contributed by atoms with Crippen molar-refractivity contribution < 1.29 is 50.6 Å². The number of anilines is 1. The molecule has 1 saturated heterocycles. The Kier molecular flexibility index (Phi) is 15.3. The molecule has 0 aliphatic carbocycles. The van der Waals surface area contributed by atoms with Crippen molar-refractivity contribution in [3.05, 3.63) is 78.1 Å². The van der Waals surface area contributed by atoms with Crippen molar-refractivity contribution in [1.82, 2.24) is 24.6 Å². The van der Waals surface area contributed by atoms with E-state index >= 15 is 0 Å². The van der Waals surface area contributed by atoms with Gasteiger partial charge in [-0.2, -0.15) is 19.4 Å². The minimum atomic E-state index is -4.75. The average Bonchev–Trinajstić information content (AvgIpc) is 3.75. The second kappa shape index (κ2) is 20.1. The van der Waals surface area contributed by atoms with Crippen molar-refractivity contribution in [2.24, 2.45) is 0 Å². The first-order valence-corrected chi connectivity index (χ1v) is 20.7. The number of fused-ring (bicyclic) bond motifs is 1. The number of rotatable bonds is 21. The van der Waals surface area contributed by atoms with E-state index in [0.29, 0.717) is 12.5 Å². The number of carbonyl (C=O) groups is 2. The molecule has 0 amide bonds. The second-order valence-corrected chi connectivity index (χ2v) is 15.9. The molecule has 0 radical (unpaired) electrons. The molecule has 5 atom stereocenters. The van der Waals surface area contributed by atoms with Crippen LogP contribution in [-0.4, -0.2) is 61.9 Å². The molecule has 0 saturated carbocycles. The molecule has 14 nitrogen and oxygen atoms in total. The minimum Gasteiger partial charge on any atom is -0.462 e. The van der Waals surface area contributed by atoms with Gasteiger partial charge in [0.05, 0.1) is 12.4 Å². The molecular weight excluding hydrogens is 780 g/mol. The SMILES string of the molecule is C#C[C@]1(CO[P@@](=O)(NC(Cc2cc(F)cc(F)c2)C(=O)OC(C)C)Oc2ccccc2)O[C@@H](n2cnc3c(N)nc(F)nc32)C[C@@H]1OC(=O)CCCCCCCCC. The number of carbonyl (C=O) groups excluding carboxylic acids is 2. The first-order valence-electron chi connectivity index (χ1n) is 19.2. The summed E-state index contributed by atoms with van der Waals surface area (Å²) in [4.78, 5) is 38.3. The highest BCUT2D eigenvalue weighted by molar-refractivity contribution is 7.52. The third-order valence-electron chi connectivity index (χ3n) is 9.25. The molecule has 3 heterocycles. The number of nitrogens with zero attached hydrogens (tertiary/aromatic N) is 4. The van der Waals surface area contributed by atoms with E-state index in [1.807, 2.05) is 0 Å². The van der Waals surface area contributed by atoms with E-state index in [9.17, 15) is 27.3 Å². The summed E-state index contributed by atoms with van der Waals surface area (Å²) in [7, 11) is -4.75. The number of imidazole rings is 1. The Morgan fingerprint density at radius 2 is 1.76 bits per heavy atom. The Balaban J connectivity index is 1.45. The molecule has 2 aromatic heterocycles. The van der Waals surface area contributed by atoms with Crippen LogP contribution in [0, 0.1) is 30.1 Å². The second-order valence-electron chi connectivity index (χ2n) is 14.2. The summed E-state index contributed by atoms with van der Waals surface area (Å²) in [6.45, 7) is 4.55. The van der Waals surface area contributed by atoms with Crippen LogP contribution in [0.1, 0.15) is 90.3 Å². The van der Waals surface area contributed by atoms with Crippen molar-refractivity contribution in [3.63, 3.8) is 0 Å². The van der Waals surface area contributed by atoms with E-state index in [0.717, 1.165) is 50.7 Å². The van der Waals surface area contributed by atoms with Crippen LogP contribution >= 0.6 is 7.75 Å². The van der Waals surface area contributed by atoms with Crippen molar-refractivity contribution in [3.8, 4) is 18.1 Å². The molecule has 4 aromatic rings. The van der Waals surface area contributed by atoms with Crippen molar-refractivity contribution >= 4 is 36.7 Å². The predicted octanol–water partition coefficient (Wildman–Crippen LogP) is 7.53. The maximum absolute atomic E-state index is 14.8. The van der Waals surface area contributed by atoms with Gasteiger partial charge in [-0.15, -0.1) is 6.42 Å². The standard InChI is InChI=1S/C40H48F3N6O8P/c1-5-7-8-9-10-11-15-18-34(50)55-32-23-33(49-25-45-35-36(44)46-39(43)47-37(35)49)56-40(32,6-2)24-53-58(52,57-30-16-13-12-14-17-30)48-31(38(51)54-26(3)4)21-27-19-28(41)22-29(42)20-27/h2,12-14,16-17,19-20,22,25-26,31-33H,5,7-11,15,18,21,23-24H2,1,3-4H3,(H,48,52)(H2,44,46,47)/t31?,32-,33+,40+,58-/m0/s1. The molecule has 58 heavy (non-hydrogen) atoms. The zero-order valence-corrected chi connectivity index (χ0v) is 33.5. The molecule has 0 bridgehead atoms. The number of ether oxygens (including phenoxy) is 3. The molecule has 0 spiro atoms. The Labute approximate surface area is 334 Å². The summed E-state index contributed by atoms with van der Waals surface area (Å²) in [5.74, 6) is -0.958. The monoisotopic (exact) mass is 828 g/mol. The summed E-state index contributed by atoms with van der Waals surface area (Å²) in [6.07, 6.45) is 9.69. The normalized spacial score (nSPS) is 19.4. The van der Waals surface area contributed by atoms with Gasteiger partial charge in [0.25, 0.3) is 0 Å². The third kappa shape index (κ3) is 11.8. The average molecular weight is 829 g/mol. The van der Waals surface area contributed by atoms with Gasteiger partial charge in [-0.1, -0.05) is 69.6 Å². The summed E-state index contributed by atoms with van der Waals surface area (Å²) in [6, 6.07) is 9.00. The first kappa shape index (κ1) is 44.1. The van der Waals surface area contributed by atoms with E-state index in [1.165, 1.54) is 23.0 Å². The molecule has 312 valence electrons. The third-order valence-corrected chi connectivity index (χ3v) is 10.8. The first-order chi connectivity index (χ1) is 27.7. The molecule has 1 fully saturated rings. The molecule has 1 aliphatic rings. The number of nitrogens with one attached hydrogen (secondary N) is 1. The quantitative estimate of drug-likeness (QED) is 0.0277. The lowest BCUT2D eigenvalue weighted by atomic mass is 9.98. The van der Waals surface area contributed by atoms with Gasteiger partial charge in [0.15, 0.2) is 22.6 Å². The summed E-state index contributed by atoms with van der Waals surface area (Å²) < 4.78 is 88.6. The lowest BCUT2D eigenvalue weighted by molar-refractivity contribution is -0.158. The highest BCUT2D eigenvalue weighted by Gasteiger charge is 2.53. The fourth-order valence-corrected chi connectivity index (χ4v) is 7.98. The van der Waals surface area contributed by atoms with Crippen LogP contribution < -0.4 is 15.3 Å². The van der Waals surface area contributed by atoms with E-state index in [4.69, 9.17) is 35.4 Å². The number of benzene rings is 2. The number of unbranched alkanes of at least 4 members (excludes halogenated alkanes) is 6. The van der Waals surface area contributed by atoms with Crippen molar-refractivity contribution in [2.75, 3.05) is 12.3 Å². The smallest absolute Gasteiger partial charge is 0.459 e. The van der Waals surface area contributed by atoms with Gasteiger partial charge < -0.3 is 24.5 Å². The number of para-hydroxylation sites is 1. The number of hydrogen-bond acceptors (Lipinski definition) is 12. The highest BCUT2D eigenvalue weighted by Crippen LogP contribution is 2.49. The fourth-order valence-electron chi connectivity index (χ4n) is 6.46. The molecule has 5 rings (SSSR count). The summed E-state index contributed by atoms with van der Waals surface area (Å²) in [5, 5.41) is 2.59. The Bertz CT molecular complexity index is 2100. The van der Waals surface area contributed by atoms with Gasteiger partial charge in [-0.3, -0.25) is 18.7 Å². The molecule has 1 aliphatic heterocycles. The van der Waals surface area contributed by atoms with Gasteiger partial charge in [-0.05, 0) is 56.5 Å². The minimum absolute atomic E-state index is 0.0306. The van der Waals surface area contributed by atoms with Crippen LogP contribution in [0.4, 0.5) is 19.0 Å². The largest absolute Gasteiger partial charge is 0.462 e. The number of nitrogen functional groups attached to an aromatic ring is 1. The molecule has 3 N–H and O–H groups in total. The number of aromatic nitrogens is 4. The lowest BCUT2D eigenvalue weighted by Crippen LogP contribution is -2.46. The molecule has 1 unspecified atom stereocenters. The van der Waals surface area contributed by atoms with Crippen LogP contribution in [0.15, 0.2) is 54.9 Å².